The molecule has 0 bridgehead atoms. The third-order valence-electron chi connectivity index (χ3n) is 2.99. The first-order valence-electron chi connectivity index (χ1n) is 5.43. The van der Waals surface area contributed by atoms with E-state index in [0.717, 1.165) is 25.7 Å². The minimum Gasteiger partial charge on any atom is -0.469 e. The molecular weight excluding hydrogens is 190 g/mol. The third kappa shape index (κ3) is 3.39. The van der Waals surface area contributed by atoms with Gasteiger partial charge in [0.05, 0.1) is 19.1 Å². The zero-order chi connectivity index (χ0) is 11.1. The maximum absolute atomic E-state index is 11.6. The zero-order valence-electron chi connectivity index (χ0n) is 9.11. The molecule has 3 nitrogen and oxygen atoms in total. The second-order valence-electron chi connectivity index (χ2n) is 3.92. The highest BCUT2D eigenvalue weighted by Crippen LogP contribution is 2.30. The van der Waals surface area contributed by atoms with Crippen molar-refractivity contribution in [1.29, 1.82) is 5.26 Å². The smallest absolute Gasteiger partial charge is 0.309 e. The highest BCUT2D eigenvalue weighted by molar-refractivity contribution is 5.73. The Labute approximate surface area is 90.7 Å². The van der Waals surface area contributed by atoms with E-state index in [-0.39, 0.29) is 17.8 Å². The Bertz CT molecular complexity index is 278. The van der Waals surface area contributed by atoms with Crippen LogP contribution in [-0.2, 0) is 9.53 Å². The van der Waals surface area contributed by atoms with Crippen LogP contribution >= 0.6 is 0 Å². The number of hydrogen-bond donors (Lipinski definition) is 0. The molecular formula is C12H17NO2. The lowest BCUT2D eigenvalue weighted by Crippen LogP contribution is -2.22. The summed E-state index contributed by atoms with van der Waals surface area (Å²) < 4.78 is 4.80. The number of esters is 1. The molecule has 0 saturated heterocycles. The summed E-state index contributed by atoms with van der Waals surface area (Å²) in [5.41, 5.74) is 0. The lowest BCUT2D eigenvalue weighted by molar-refractivity contribution is -0.147. The van der Waals surface area contributed by atoms with Crippen molar-refractivity contribution >= 4 is 5.97 Å². The molecule has 0 aromatic rings. The molecule has 1 saturated carbocycles. The first-order chi connectivity index (χ1) is 7.29. The predicted molar refractivity (Wildman–Crippen MR) is 56.8 cm³/mol. The molecule has 0 amide bonds. The minimum atomic E-state index is -0.135. The van der Waals surface area contributed by atoms with Gasteiger partial charge in [-0.15, -0.1) is 0 Å². The van der Waals surface area contributed by atoms with Crippen LogP contribution in [0.5, 0.6) is 0 Å². The van der Waals surface area contributed by atoms with Crippen LogP contribution in [0, 0.1) is 23.2 Å². The van der Waals surface area contributed by atoms with Gasteiger partial charge in [-0.2, -0.15) is 5.26 Å². The van der Waals surface area contributed by atoms with Crippen LogP contribution in [-0.4, -0.2) is 13.1 Å². The molecule has 0 heterocycles. The standard InChI is InChI=1S/C12H17NO2/c1-15-12(14)11-8-4-2-3-6-10(11)7-5-9-13/h5,7,10-11H,2-4,6,8H2,1H3/b7-5+. The summed E-state index contributed by atoms with van der Waals surface area (Å²) in [5.74, 6) is -0.00816. The first kappa shape index (κ1) is 11.8. The summed E-state index contributed by atoms with van der Waals surface area (Å²) >= 11 is 0. The fourth-order valence-electron chi connectivity index (χ4n) is 2.18. The molecule has 0 aromatic carbocycles. The summed E-state index contributed by atoms with van der Waals surface area (Å²) in [4.78, 5) is 11.6. The van der Waals surface area contributed by atoms with Crippen LogP contribution in [0.4, 0.5) is 0 Å². The van der Waals surface area contributed by atoms with Gasteiger partial charge in [0.2, 0.25) is 0 Å². The van der Waals surface area contributed by atoms with Gasteiger partial charge in [-0.1, -0.05) is 25.3 Å². The molecule has 0 aliphatic heterocycles. The largest absolute Gasteiger partial charge is 0.469 e. The average Bonchev–Trinajstić information content (AvgIpc) is 2.50. The van der Waals surface area contributed by atoms with E-state index in [0.29, 0.717) is 0 Å². The normalized spacial score (nSPS) is 26.9. The van der Waals surface area contributed by atoms with Gasteiger partial charge in [-0.25, -0.2) is 0 Å². The summed E-state index contributed by atoms with van der Waals surface area (Å²) in [5, 5.41) is 8.50. The third-order valence-corrected chi connectivity index (χ3v) is 2.99. The van der Waals surface area contributed by atoms with E-state index >= 15 is 0 Å². The number of carbonyl (C=O) groups excluding carboxylic acids is 1. The molecule has 1 aliphatic carbocycles. The molecule has 0 spiro atoms. The van der Waals surface area contributed by atoms with Gasteiger partial charge in [-0.3, -0.25) is 4.79 Å². The van der Waals surface area contributed by atoms with Crippen LogP contribution in [0.25, 0.3) is 0 Å². The monoisotopic (exact) mass is 207 g/mol. The molecule has 2 atom stereocenters. The fourth-order valence-corrected chi connectivity index (χ4v) is 2.18. The second-order valence-corrected chi connectivity index (χ2v) is 3.92. The van der Waals surface area contributed by atoms with Crippen molar-refractivity contribution in [3.05, 3.63) is 12.2 Å². The Hall–Kier alpha value is -1.30. The van der Waals surface area contributed by atoms with Crippen molar-refractivity contribution < 1.29 is 9.53 Å². The average molecular weight is 207 g/mol. The molecule has 1 rings (SSSR count). The Morgan fingerprint density at radius 1 is 1.40 bits per heavy atom. The number of rotatable bonds is 2. The molecule has 15 heavy (non-hydrogen) atoms. The van der Waals surface area contributed by atoms with Crippen molar-refractivity contribution in [1.82, 2.24) is 0 Å². The Morgan fingerprint density at radius 2 is 2.13 bits per heavy atom. The molecule has 1 aliphatic rings. The molecule has 0 aromatic heterocycles. The molecule has 2 unspecified atom stereocenters. The highest BCUT2D eigenvalue weighted by Gasteiger charge is 2.28. The Balaban J connectivity index is 2.72. The molecule has 0 N–H and O–H groups in total. The van der Waals surface area contributed by atoms with Gasteiger partial charge in [0, 0.05) is 6.08 Å². The number of carbonyl (C=O) groups is 1. The van der Waals surface area contributed by atoms with Gasteiger partial charge < -0.3 is 4.74 Å². The minimum absolute atomic E-state index is 0.0536. The molecule has 3 heteroatoms. The van der Waals surface area contributed by atoms with Gasteiger partial charge >= 0.3 is 5.97 Å². The number of ether oxygens (including phenoxy) is 1. The number of methoxy groups -OCH3 is 1. The Kier molecular flexibility index (Phi) is 4.89. The van der Waals surface area contributed by atoms with E-state index in [2.05, 4.69) is 0 Å². The van der Waals surface area contributed by atoms with Gasteiger partial charge in [0.25, 0.3) is 0 Å². The lowest BCUT2D eigenvalue weighted by Gasteiger charge is -2.19. The maximum Gasteiger partial charge on any atom is 0.309 e. The highest BCUT2D eigenvalue weighted by atomic mass is 16.5. The van der Waals surface area contributed by atoms with Crippen molar-refractivity contribution in [2.45, 2.75) is 32.1 Å². The van der Waals surface area contributed by atoms with Crippen molar-refractivity contribution in [3.8, 4) is 6.07 Å². The summed E-state index contributed by atoms with van der Waals surface area (Å²) in [7, 11) is 1.43. The summed E-state index contributed by atoms with van der Waals surface area (Å²) in [6.07, 6.45) is 8.58. The Morgan fingerprint density at radius 3 is 2.80 bits per heavy atom. The zero-order valence-corrected chi connectivity index (χ0v) is 9.11. The molecule has 82 valence electrons. The van der Waals surface area contributed by atoms with Crippen LogP contribution in [0.1, 0.15) is 32.1 Å². The van der Waals surface area contributed by atoms with Gasteiger partial charge in [-0.05, 0) is 18.8 Å². The number of hydrogen-bond acceptors (Lipinski definition) is 3. The van der Waals surface area contributed by atoms with E-state index in [1.807, 2.05) is 12.1 Å². The molecule has 1 fully saturated rings. The topological polar surface area (TPSA) is 50.1 Å². The van der Waals surface area contributed by atoms with E-state index in [1.54, 1.807) is 0 Å². The van der Waals surface area contributed by atoms with Crippen molar-refractivity contribution in [3.63, 3.8) is 0 Å². The van der Waals surface area contributed by atoms with E-state index in [4.69, 9.17) is 10.00 Å². The quantitative estimate of drug-likeness (QED) is 0.397. The van der Waals surface area contributed by atoms with Crippen molar-refractivity contribution in [2.75, 3.05) is 7.11 Å². The van der Waals surface area contributed by atoms with Crippen LogP contribution in [0.15, 0.2) is 12.2 Å². The summed E-state index contributed by atoms with van der Waals surface area (Å²) in [6.45, 7) is 0. The lowest BCUT2D eigenvalue weighted by atomic mass is 9.87. The number of nitriles is 1. The fraction of sp³-hybridized carbons (Fsp3) is 0.667. The first-order valence-corrected chi connectivity index (χ1v) is 5.43. The summed E-state index contributed by atoms with van der Waals surface area (Å²) in [6, 6.07) is 1.98. The van der Waals surface area contributed by atoms with Gasteiger partial charge in [0.1, 0.15) is 0 Å². The number of nitrogens with zero attached hydrogens (tertiary/aromatic N) is 1. The van der Waals surface area contributed by atoms with Crippen LogP contribution < -0.4 is 0 Å². The van der Waals surface area contributed by atoms with Gasteiger partial charge in [0.15, 0.2) is 0 Å². The van der Waals surface area contributed by atoms with E-state index in [9.17, 15) is 4.79 Å². The van der Waals surface area contributed by atoms with Crippen molar-refractivity contribution in [2.24, 2.45) is 11.8 Å². The van der Waals surface area contributed by atoms with Crippen LogP contribution in [0.2, 0.25) is 0 Å². The second kappa shape index (κ2) is 6.23. The predicted octanol–water partition coefficient (Wildman–Crippen LogP) is 2.44. The number of allylic oxidation sites excluding steroid dienone is 2. The maximum atomic E-state index is 11.6. The molecule has 0 radical (unpaired) electrons. The van der Waals surface area contributed by atoms with Crippen LogP contribution in [0.3, 0.4) is 0 Å². The SMILES string of the molecule is COC(=O)C1CCCCCC1/C=C/C#N. The van der Waals surface area contributed by atoms with E-state index in [1.165, 1.54) is 19.6 Å². The van der Waals surface area contributed by atoms with E-state index < -0.39 is 0 Å².